The second kappa shape index (κ2) is 5.28. The standard InChI is InChI=1S/C13H11FN2O4S/c14-8-4-2-1-3-7(8)10-9(15-12(21)20-10)11(17)16-5-6-19-13(16)18/h1-4,9-10H,5-6H2,(H,15,21)/t9-,10+/m0/s1. The zero-order valence-corrected chi connectivity index (χ0v) is 11.6. The van der Waals surface area contributed by atoms with Crippen molar-refractivity contribution in [2.45, 2.75) is 12.1 Å². The Hall–Kier alpha value is -2.22. The highest BCUT2D eigenvalue weighted by Crippen LogP contribution is 2.30. The van der Waals surface area contributed by atoms with Crippen LogP contribution >= 0.6 is 12.2 Å². The fourth-order valence-electron chi connectivity index (χ4n) is 2.32. The van der Waals surface area contributed by atoms with Gasteiger partial charge in [0.15, 0.2) is 12.1 Å². The molecule has 0 spiro atoms. The van der Waals surface area contributed by atoms with Crippen LogP contribution in [0.5, 0.6) is 0 Å². The first-order chi connectivity index (χ1) is 10.1. The molecule has 3 rings (SSSR count). The molecule has 0 radical (unpaired) electrons. The van der Waals surface area contributed by atoms with Crippen molar-refractivity contribution in [3.05, 3.63) is 35.6 Å². The lowest BCUT2D eigenvalue weighted by molar-refractivity contribution is -0.130. The van der Waals surface area contributed by atoms with E-state index in [1.165, 1.54) is 18.2 Å². The van der Waals surface area contributed by atoms with Crippen LogP contribution in [0.2, 0.25) is 0 Å². The molecule has 110 valence electrons. The van der Waals surface area contributed by atoms with Crippen molar-refractivity contribution in [3.8, 4) is 0 Å². The maximum absolute atomic E-state index is 13.9. The van der Waals surface area contributed by atoms with Crippen LogP contribution in [-0.2, 0) is 14.3 Å². The number of halogens is 1. The summed E-state index contributed by atoms with van der Waals surface area (Å²) in [6, 6.07) is 4.99. The van der Waals surface area contributed by atoms with Gasteiger partial charge in [0.1, 0.15) is 12.4 Å². The van der Waals surface area contributed by atoms with Gasteiger partial charge in [0, 0.05) is 5.56 Å². The first kappa shape index (κ1) is 13.7. The predicted octanol–water partition coefficient (Wildman–Crippen LogP) is 1.12. The summed E-state index contributed by atoms with van der Waals surface area (Å²) in [5, 5.41) is 2.67. The number of hydrogen-bond acceptors (Lipinski definition) is 5. The number of nitrogens with one attached hydrogen (secondary N) is 1. The number of amides is 2. The lowest BCUT2D eigenvalue weighted by Gasteiger charge is -2.20. The molecule has 2 saturated heterocycles. The van der Waals surface area contributed by atoms with Gasteiger partial charge in [-0.1, -0.05) is 18.2 Å². The third kappa shape index (κ3) is 2.42. The Morgan fingerprint density at radius 1 is 1.43 bits per heavy atom. The number of carbonyl (C=O) groups excluding carboxylic acids is 2. The third-order valence-corrected chi connectivity index (χ3v) is 3.53. The Morgan fingerprint density at radius 2 is 2.19 bits per heavy atom. The number of thiocarbonyl (C=S) groups is 1. The Kier molecular flexibility index (Phi) is 3.46. The van der Waals surface area contributed by atoms with Gasteiger partial charge in [0.2, 0.25) is 0 Å². The van der Waals surface area contributed by atoms with Crippen molar-refractivity contribution < 1.29 is 23.5 Å². The quantitative estimate of drug-likeness (QED) is 0.826. The summed E-state index contributed by atoms with van der Waals surface area (Å²) < 4.78 is 24.0. The van der Waals surface area contributed by atoms with Crippen molar-refractivity contribution in [2.24, 2.45) is 0 Å². The molecule has 2 aliphatic rings. The van der Waals surface area contributed by atoms with E-state index in [0.717, 1.165) is 4.90 Å². The zero-order chi connectivity index (χ0) is 15.0. The van der Waals surface area contributed by atoms with Gasteiger partial charge in [0.25, 0.3) is 11.1 Å². The number of carbonyl (C=O) groups is 2. The maximum Gasteiger partial charge on any atom is 0.416 e. The molecule has 0 aromatic heterocycles. The zero-order valence-electron chi connectivity index (χ0n) is 10.7. The molecular formula is C13H11FN2O4S. The van der Waals surface area contributed by atoms with Gasteiger partial charge in [-0.15, -0.1) is 0 Å². The summed E-state index contributed by atoms with van der Waals surface area (Å²) in [6.45, 7) is 0.305. The number of imide groups is 1. The van der Waals surface area contributed by atoms with Crippen LogP contribution < -0.4 is 5.32 Å². The molecule has 1 aromatic rings. The summed E-state index contributed by atoms with van der Waals surface area (Å²) in [7, 11) is 0. The van der Waals surface area contributed by atoms with Gasteiger partial charge in [-0.2, -0.15) is 0 Å². The SMILES string of the molecule is O=C1OCCN1C(=O)[C@H]1NC(=S)O[C@@H]1c1ccccc1F. The minimum absolute atomic E-state index is 0.00540. The van der Waals surface area contributed by atoms with E-state index >= 15 is 0 Å². The molecule has 21 heavy (non-hydrogen) atoms. The monoisotopic (exact) mass is 310 g/mol. The number of benzene rings is 1. The number of cyclic esters (lactones) is 1. The summed E-state index contributed by atoms with van der Waals surface area (Å²) in [5.74, 6) is -1.05. The highest BCUT2D eigenvalue weighted by Gasteiger charge is 2.44. The molecule has 1 aromatic carbocycles. The molecule has 0 bridgehead atoms. The highest BCUT2D eigenvalue weighted by molar-refractivity contribution is 7.80. The Labute approximate surface area is 124 Å². The molecular weight excluding hydrogens is 299 g/mol. The van der Waals surface area contributed by atoms with Gasteiger partial charge in [0.05, 0.1) is 6.54 Å². The number of rotatable bonds is 2. The summed E-state index contributed by atoms with van der Waals surface area (Å²) in [5.41, 5.74) is 0.204. The predicted molar refractivity (Wildman–Crippen MR) is 72.8 cm³/mol. The van der Waals surface area contributed by atoms with Crippen LogP contribution in [0, 0.1) is 5.82 Å². The van der Waals surface area contributed by atoms with E-state index in [1.54, 1.807) is 6.07 Å². The first-order valence-corrected chi connectivity index (χ1v) is 6.68. The topological polar surface area (TPSA) is 67.9 Å². The highest BCUT2D eigenvalue weighted by atomic mass is 32.1. The molecule has 0 saturated carbocycles. The van der Waals surface area contributed by atoms with Crippen LogP contribution in [0.3, 0.4) is 0 Å². The molecule has 2 aliphatic heterocycles. The molecule has 2 atom stereocenters. The summed E-state index contributed by atoms with van der Waals surface area (Å²) >= 11 is 4.90. The molecule has 8 heteroatoms. The minimum atomic E-state index is -0.958. The van der Waals surface area contributed by atoms with Crippen molar-refractivity contribution in [2.75, 3.05) is 13.2 Å². The summed E-state index contributed by atoms with van der Waals surface area (Å²) in [6.07, 6.45) is -1.63. The Morgan fingerprint density at radius 3 is 2.86 bits per heavy atom. The van der Waals surface area contributed by atoms with Crippen LogP contribution in [0.1, 0.15) is 11.7 Å². The van der Waals surface area contributed by atoms with Crippen LogP contribution in [0.15, 0.2) is 24.3 Å². The van der Waals surface area contributed by atoms with Crippen LogP contribution in [0.25, 0.3) is 0 Å². The van der Waals surface area contributed by atoms with E-state index in [0.29, 0.717) is 0 Å². The van der Waals surface area contributed by atoms with E-state index in [9.17, 15) is 14.0 Å². The van der Waals surface area contributed by atoms with Crippen LogP contribution in [-0.4, -0.2) is 41.3 Å². The number of hydrogen-bond donors (Lipinski definition) is 1. The van der Waals surface area contributed by atoms with Gasteiger partial charge in [-0.05, 0) is 18.3 Å². The van der Waals surface area contributed by atoms with Gasteiger partial charge < -0.3 is 14.8 Å². The van der Waals surface area contributed by atoms with Crippen molar-refractivity contribution >= 4 is 29.4 Å². The van der Waals surface area contributed by atoms with Crippen molar-refractivity contribution in [3.63, 3.8) is 0 Å². The number of ether oxygens (including phenoxy) is 2. The first-order valence-electron chi connectivity index (χ1n) is 6.27. The summed E-state index contributed by atoms with van der Waals surface area (Å²) in [4.78, 5) is 24.8. The second-order valence-corrected chi connectivity index (χ2v) is 4.94. The van der Waals surface area contributed by atoms with Crippen molar-refractivity contribution in [1.29, 1.82) is 0 Å². The van der Waals surface area contributed by atoms with Crippen molar-refractivity contribution in [1.82, 2.24) is 10.2 Å². The fraction of sp³-hybridized carbons (Fsp3) is 0.308. The second-order valence-electron chi connectivity index (χ2n) is 4.57. The third-order valence-electron chi connectivity index (χ3n) is 3.31. The molecule has 2 amide bonds. The van der Waals surface area contributed by atoms with E-state index in [4.69, 9.17) is 21.7 Å². The lowest BCUT2D eigenvalue weighted by Crippen LogP contribution is -2.46. The Bertz CT molecular complexity index is 624. The van der Waals surface area contributed by atoms with E-state index < -0.39 is 30.0 Å². The molecule has 6 nitrogen and oxygen atoms in total. The molecule has 2 fully saturated rings. The minimum Gasteiger partial charge on any atom is -0.460 e. The molecule has 2 heterocycles. The van der Waals surface area contributed by atoms with Gasteiger partial charge >= 0.3 is 6.09 Å². The molecule has 1 N–H and O–H groups in total. The van der Waals surface area contributed by atoms with E-state index in [1.807, 2.05) is 0 Å². The van der Waals surface area contributed by atoms with Gasteiger partial charge in [-0.25, -0.2) is 14.1 Å². The average Bonchev–Trinajstić information content (AvgIpc) is 3.05. The van der Waals surface area contributed by atoms with Crippen LogP contribution in [0.4, 0.5) is 9.18 Å². The lowest BCUT2D eigenvalue weighted by atomic mass is 10.0. The largest absolute Gasteiger partial charge is 0.460 e. The Balaban J connectivity index is 1.89. The van der Waals surface area contributed by atoms with E-state index in [2.05, 4.69) is 5.32 Å². The van der Waals surface area contributed by atoms with E-state index in [-0.39, 0.29) is 23.9 Å². The average molecular weight is 310 g/mol. The maximum atomic E-state index is 13.9. The molecule has 0 aliphatic carbocycles. The molecule has 0 unspecified atom stereocenters. The fourth-order valence-corrected chi connectivity index (χ4v) is 2.55. The smallest absolute Gasteiger partial charge is 0.416 e. The van der Waals surface area contributed by atoms with Gasteiger partial charge in [-0.3, -0.25) is 4.79 Å². The normalized spacial score (nSPS) is 24.5. The number of nitrogens with zero attached hydrogens (tertiary/aromatic N) is 1.